The average molecular weight is 283 g/mol. The lowest BCUT2D eigenvalue weighted by atomic mass is 10.0. The van der Waals surface area contributed by atoms with Crippen LogP contribution in [-0.4, -0.2) is 16.5 Å². The summed E-state index contributed by atoms with van der Waals surface area (Å²) in [4.78, 5) is 9.02. The first-order valence-corrected chi connectivity index (χ1v) is 7.85. The lowest BCUT2D eigenvalue weighted by molar-refractivity contribution is 0.570. The van der Waals surface area contributed by atoms with E-state index in [1.807, 2.05) is 19.3 Å². The first-order valence-electron chi connectivity index (χ1n) is 7.85. The Morgan fingerprint density at radius 1 is 1.10 bits per heavy atom. The summed E-state index contributed by atoms with van der Waals surface area (Å²) >= 11 is 0. The van der Waals surface area contributed by atoms with Crippen molar-refractivity contribution in [1.82, 2.24) is 15.3 Å². The molecule has 1 aromatic heterocycles. The summed E-state index contributed by atoms with van der Waals surface area (Å²) in [6, 6.07) is 8.84. The number of hydrogen-bond acceptors (Lipinski definition) is 3. The summed E-state index contributed by atoms with van der Waals surface area (Å²) in [5, 5.41) is 3.57. The van der Waals surface area contributed by atoms with Crippen molar-refractivity contribution >= 4 is 0 Å². The highest BCUT2D eigenvalue weighted by atomic mass is 15.0. The van der Waals surface area contributed by atoms with Crippen LogP contribution in [0.4, 0.5) is 0 Å². The zero-order chi connectivity index (χ0) is 15.1. The van der Waals surface area contributed by atoms with E-state index in [4.69, 9.17) is 0 Å². The standard InChI is InChI=1S/C18H25N3/c1-4-7-15-8-6-9-16(11-15)17(19-10-5-2)18-20-12-14(3)13-21-18/h6,8-9,11-13,17,19H,4-5,7,10H2,1-3H3. The van der Waals surface area contributed by atoms with E-state index >= 15 is 0 Å². The summed E-state index contributed by atoms with van der Waals surface area (Å²) in [6.45, 7) is 7.36. The fourth-order valence-corrected chi connectivity index (χ4v) is 2.42. The Morgan fingerprint density at radius 2 is 1.86 bits per heavy atom. The number of aromatic nitrogens is 2. The molecule has 0 aliphatic rings. The van der Waals surface area contributed by atoms with Gasteiger partial charge in [-0.1, -0.05) is 44.5 Å². The van der Waals surface area contributed by atoms with Gasteiger partial charge in [0.25, 0.3) is 0 Å². The SMILES string of the molecule is CCCNC(c1cccc(CCC)c1)c1ncc(C)cn1. The minimum Gasteiger partial charge on any atom is -0.304 e. The van der Waals surface area contributed by atoms with Gasteiger partial charge in [0.05, 0.1) is 6.04 Å². The molecule has 1 aromatic carbocycles. The number of hydrogen-bond donors (Lipinski definition) is 1. The molecular weight excluding hydrogens is 258 g/mol. The molecule has 3 heteroatoms. The van der Waals surface area contributed by atoms with E-state index in [0.29, 0.717) is 0 Å². The first kappa shape index (κ1) is 15.6. The minimum absolute atomic E-state index is 0.0716. The van der Waals surface area contributed by atoms with Crippen molar-refractivity contribution in [2.45, 2.75) is 46.1 Å². The zero-order valence-electron chi connectivity index (χ0n) is 13.3. The molecule has 0 saturated heterocycles. The molecule has 0 spiro atoms. The normalized spacial score (nSPS) is 12.3. The molecule has 1 heterocycles. The third kappa shape index (κ3) is 4.36. The van der Waals surface area contributed by atoms with Gasteiger partial charge in [-0.05, 0) is 43.0 Å². The molecule has 112 valence electrons. The number of benzene rings is 1. The molecule has 0 fully saturated rings. The average Bonchev–Trinajstić information content (AvgIpc) is 2.50. The van der Waals surface area contributed by atoms with Crippen LogP contribution in [0.1, 0.15) is 55.2 Å². The van der Waals surface area contributed by atoms with Gasteiger partial charge in [-0.2, -0.15) is 0 Å². The third-order valence-electron chi connectivity index (χ3n) is 3.48. The van der Waals surface area contributed by atoms with Gasteiger partial charge in [0.1, 0.15) is 5.82 Å². The van der Waals surface area contributed by atoms with E-state index in [0.717, 1.165) is 37.2 Å². The van der Waals surface area contributed by atoms with Crippen LogP contribution in [0.3, 0.4) is 0 Å². The first-order chi connectivity index (χ1) is 10.2. The molecule has 0 radical (unpaired) electrons. The fraction of sp³-hybridized carbons (Fsp3) is 0.444. The highest BCUT2D eigenvalue weighted by molar-refractivity contribution is 5.30. The Hall–Kier alpha value is -1.74. The van der Waals surface area contributed by atoms with E-state index in [1.54, 1.807) is 0 Å². The van der Waals surface area contributed by atoms with Crippen molar-refractivity contribution in [3.63, 3.8) is 0 Å². The second-order valence-corrected chi connectivity index (χ2v) is 5.50. The van der Waals surface area contributed by atoms with E-state index < -0.39 is 0 Å². The second-order valence-electron chi connectivity index (χ2n) is 5.50. The molecule has 0 aliphatic carbocycles. The molecular formula is C18H25N3. The van der Waals surface area contributed by atoms with Crippen LogP contribution in [0.25, 0.3) is 0 Å². The molecule has 1 atom stereocenters. The van der Waals surface area contributed by atoms with Crippen LogP contribution < -0.4 is 5.32 Å². The second kappa shape index (κ2) is 7.89. The van der Waals surface area contributed by atoms with Crippen molar-refractivity contribution in [2.75, 3.05) is 6.54 Å². The predicted octanol–water partition coefficient (Wildman–Crippen LogP) is 3.83. The van der Waals surface area contributed by atoms with Crippen LogP contribution in [-0.2, 0) is 6.42 Å². The van der Waals surface area contributed by atoms with Gasteiger partial charge in [0.15, 0.2) is 0 Å². The van der Waals surface area contributed by atoms with E-state index in [-0.39, 0.29) is 6.04 Å². The van der Waals surface area contributed by atoms with E-state index in [1.165, 1.54) is 11.1 Å². The molecule has 0 bridgehead atoms. The van der Waals surface area contributed by atoms with Crippen LogP contribution in [0.15, 0.2) is 36.7 Å². The van der Waals surface area contributed by atoms with Crippen molar-refractivity contribution in [3.05, 3.63) is 59.2 Å². The highest BCUT2D eigenvalue weighted by Crippen LogP contribution is 2.20. The molecule has 2 aromatic rings. The van der Waals surface area contributed by atoms with Gasteiger partial charge in [-0.3, -0.25) is 0 Å². The minimum atomic E-state index is 0.0716. The summed E-state index contributed by atoms with van der Waals surface area (Å²) < 4.78 is 0. The highest BCUT2D eigenvalue weighted by Gasteiger charge is 2.16. The Balaban J connectivity index is 2.30. The number of aryl methyl sites for hydroxylation is 2. The quantitative estimate of drug-likeness (QED) is 0.839. The topological polar surface area (TPSA) is 37.8 Å². The van der Waals surface area contributed by atoms with Crippen molar-refractivity contribution < 1.29 is 0 Å². The molecule has 1 unspecified atom stereocenters. The smallest absolute Gasteiger partial charge is 0.149 e. The number of rotatable bonds is 7. The van der Waals surface area contributed by atoms with Gasteiger partial charge in [0.2, 0.25) is 0 Å². The lowest BCUT2D eigenvalue weighted by Crippen LogP contribution is -2.25. The summed E-state index contributed by atoms with van der Waals surface area (Å²) in [5.74, 6) is 0.850. The van der Waals surface area contributed by atoms with Gasteiger partial charge in [-0.25, -0.2) is 9.97 Å². The Morgan fingerprint density at radius 3 is 2.52 bits per heavy atom. The Bertz CT molecular complexity index is 549. The van der Waals surface area contributed by atoms with E-state index in [9.17, 15) is 0 Å². The fourth-order valence-electron chi connectivity index (χ4n) is 2.42. The third-order valence-corrected chi connectivity index (χ3v) is 3.48. The van der Waals surface area contributed by atoms with Crippen LogP contribution >= 0.6 is 0 Å². The lowest BCUT2D eigenvalue weighted by Gasteiger charge is -2.18. The van der Waals surface area contributed by atoms with Crippen LogP contribution in [0.2, 0.25) is 0 Å². The van der Waals surface area contributed by atoms with Crippen LogP contribution in [0, 0.1) is 6.92 Å². The Kier molecular flexibility index (Phi) is 5.88. The number of nitrogens with zero attached hydrogens (tertiary/aromatic N) is 2. The molecule has 0 amide bonds. The Labute approximate surface area is 127 Å². The molecule has 1 N–H and O–H groups in total. The maximum absolute atomic E-state index is 4.51. The van der Waals surface area contributed by atoms with Crippen LogP contribution in [0.5, 0.6) is 0 Å². The summed E-state index contributed by atoms with van der Waals surface area (Å²) in [5.41, 5.74) is 3.72. The van der Waals surface area contributed by atoms with Gasteiger partial charge in [0, 0.05) is 12.4 Å². The molecule has 0 saturated carbocycles. The number of nitrogens with one attached hydrogen (secondary N) is 1. The van der Waals surface area contributed by atoms with Gasteiger partial charge >= 0.3 is 0 Å². The van der Waals surface area contributed by atoms with Crippen molar-refractivity contribution in [3.8, 4) is 0 Å². The van der Waals surface area contributed by atoms with Gasteiger partial charge in [-0.15, -0.1) is 0 Å². The molecule has 3 nitrogen and oxygen atoms in total. The van der Waals surface area contributed by atoms with Gasteiger partial charge < -0.3 is 5.32 Å². The predicted molar refractivity (Wildman–Crippen MR) is 87.3 cm³/mol. The molecule has 0 aliphatic heterocycles. The van der Waals surface area contributed by atoms with Crippen molar-refractivity contribution in [1.29, 1.82) is 0 Å². The maximum atomic E-state index is 4.51. The largest absolute Gasteiger partial charge is 0.304 e. The van der Waals surface area contributed by atoms with Crippen molar-refractivity contribution in [2.24, 2.45) is 0 Å². The summed E-state index contributed by atoms with van der Waals surface area (Å²) in [6.07, 6.45) is 7.15. The van der Waals surface area contributed by atoms with E-state index in [2.05, 4.69) is 53.4 Å². The molecule has 2 rings (SSSR count). The molecule has 21 heavy (non-hydrogen) atoms. The maximum Gasteiger partial charge on any atom is 0.149 e. The summed E-state index contributed by atoms with van der Waals surface area (Å²) in [7, 11) is 0. The zero-order valence-corrected chi connectivity index (χ0v) is 13.3. The monoisotopic (exact) mass is 283 g/mol.